The maximum Gasteiger partial charge on any atom is 0.182 e. The first-order chi connectivity index (χ1) is 10.7. The molecule has 0 aliphatic rings. The minimum absolute atomic E-state index is 0.237. The van der Waals surface area contributed by atoms with Gasteiger partial charge in [-0.3, -0.25) is 0 Å². The topological polar surface area (TPSA) is 78.9 Å². The van der Waals surface area contributed by atoms with E-state index in [1.54, 1.807) is 43.5 Å². The maximum absolute atomic E-state index is 13.8. The van der Waals surface area contributed by atoms with Crippen molar-refractivity contribution in [3.8, 4) is 17.1 Å². The summed E-state index contributed by atoms with van der Waals surface area (Å²) in [6.07, 6.45) is 0. The zero-order valence-corrected chi connectivity index (χ0v) is 11.9. The van der Waals surface area contributed by atoms with Gasteiger partial charge in [-0.1, -0.05) is 18.2 Å². The van der Waals surface area contributed by atoms with Gasteiger partial charge in [-0.15, -0.1) is 5.10 Å². The van der Waals surface area contributed by atoms with Crippen LogP contribution in [0.4, 0.5) is 10.1 Å². The Balaban J connectivity index is 1.95. The van der Waals surface area contributed by atoms with Crippen LogP contribution < -0.4 is 10.5 Å². The molecule has 7 heteroatoms. The van der Waals surface area contributed by atoms with Crippen LogP contribution in [-0.4, -0.2) is 27.3 Å². The van der Waals surface area contributed by atoms with Gasteiger partial charge in [0.2, 0.25) is 0 Å². The van der Waals surface area contributed by atoms with E-state index in [0.717, 1.165) is 5.56 Å². The molecular formula is C15H14FN5O. The second-order valence-corrected chi connectivity index (χ2v) is 4.71. The molecule has 0 unspecified atom stereocenters. The SMILES string of the molecule is COc1ccc(-c2nnnn2Cc2ccccc2F)cc1N. The summed E-state index contributed by atoms with van der Waals surface area (Å²) < 4.78 is 20.4. The standard InChI is InChI=1S/C15H14FN5O/c1-22-14-7-6-10(8-13(14)17)15-18-19-20-21(15)9-11-4-2-3-5-12(11)16/h2-8H,9,17H2,1H3. The van der Waals surface area contributed by atoms with Crippen LogP contribution in [0.1, 0.15) is 5.56 Å². The largest absolute Gasteiger partial charge is 0.495 e. The van der Waals surface area contributed by atoms with Crippen molar-refractivity contribution in [1.82, 2.24) is 20.2 Å². The fourth-order valence-electron chi connectivity index (χ4n) is 2.18. The molecule has 0 atom stereocenters. The Bertz CT molecular complexity index is 802. The lowest BCUT2D eigenvalue weighted by Gasteiger charge is -2.08. The molecule has 3 aromatic rings. The minimum atomic E-state index is -0.293. The lowest BCUT2D eigenvalue weighted by molar-refractivity contribution is 0.417. The number of benzene rings is 2. The molecule has 0 aliphatic carbocycles. The second-order valence-electron chi connectivity index (χ2n) is 4.71. The van der Waals surface area contributed by atoms with Gasteiger partial charge in [-0.25, -0.2) is 9.07 Å². The first kappa shape index (κ1) is 14.0. The van der Waals surface area contributed by atoms with Crippen molar-refractivity contribution >= 4 is 5.69 Å². The highest BCUT2D eigenvalue weighted by molar-refractivity contribution is 5.66. The fourth-order valence-corrected chi connectivity index (χ4v) is 2.18. The smallest absolute Gasteiger partial charge is 0.182 e. The highest BCUT2D eigenvalue weighted by Gasteiger charge is 2.12. The number of ether oxygens (including phenoxy) is 1. The molecule has 2 aromatic carbocycles. The molecule has 1 aromatic heterocycles. The lowest BCUT2D eigenvalue weighted by Crippen LogP contribution is -2.06. The quantitative estimate of drug-likeness (QED) is 0.746. The van der Waals surface area contributed by atoms with E-state index in [2.05, 4.69) is 15.5 Å². The Morgan fingerprint density at radius 1 is 1.23 bits per heavy atom. The van der Waals surface area contributed by atoms with E-state index in [9.17, 15) is 4.39 Å². The van der Waals surface area contributed by atoms with Crippen LogP contribution in [0.3, 0.4) is 0 Å². The van der Waals surface area contributed by atoms with Crippen molar-refractivity contribution in [2.24, 2.45) is 0 Å². The third-order valence-electron chi connectivity index (χ3n) is 3.30. The molecule has 0 radical (unpaired) electrons. The number of nitrogens with zero attached hydrogens (tertiary/aromatic N) is 4. The van der Waals surface area contributed by atoms with Gasteiger partial charge in [0.25, 0.3) is 0 Å². The average Bonchev–Trinajstić information content (AvgIpc) is 2.98. The molecule has 112 valence electrons. The third-order valence-corrected chi connectivity index (χ3v) is 3.30. The number of hydrogen-bond donors (Lipinski definition) is 1. The van der Waals surface area contributed by atoms with Crippen molar-refractivity contribution in [2.45, 2.75) is 6.54 Å². The highest BCUT2D eigenvalue weighted by atomic mass is 19.1. The normalized spacial score (nSPS) is 10.6. The fraction of sp³-hybridized carbons (Fsp3) is 0.133. The van der Waals surface area contributed by atoms with Crippen LogP contribution in [0, 0.1) is 5.82 Å². The van der Waals surface area contributed by atoms with Crippen LogP contribution in [0.5, 0.6) is 5.75 Å². The second kappa shape index (κ2) is 5.80. The molecule has 2 N–H and O–H groups in total. The van der Waals surface area contributed by atoms with Crippen molar-refractivity contribution < 1.29 is 9.13 Å². The van der Waals surface area contributed by atoms with E-state index in [1.165, 1.54) is 10.7 Å². The van der Waals surface area contributed by atoms with Gasteiger partial charge in [0.15, 0.2) is 5.82 Å². The van der Waals surface area contributed by atoms with Crippen molar-refractivity contribution in [3.63, 3.8) is 0 Å². The number of nitrogens with two attached hydrogens (primary N) is 1. The van der Waals surface area contributed by atoms with E-state index in [1.807, 2.05) is 0 Å². The van der Waals surface area contributed by atoms with E-state index in [0.29, 0.717) is 22.8 Å². The Hall–Kier alpha value is -2.96. The number of hydrogen-bond acceptors (Lipinski definition) is 5. The summed E-state index contributed by atoms with van der Waals surface area (Å²) in [5.74, 6) is 0.799. The molecule has 0 spiro atoms. The summed E-state index contributed by atoms with van der Waals surface area (Å²) in [6.45, 7) is 0.237. The first-order valence-electron chi connectivity index (χ1n) is 6.62. The Labute approximate surface area is 126 Å². The van der Waals surface area contributed by atoms with Gasteiger partial charge in [-0.2, -0.15) is 0 Å². The van der Waals surface area contributed by atoms with Gasteiger partial charge in [0.1, 0.15) is 11.6 Å². The zero-order valence-electron chi connectivity index (χ0n) is 11.9. The predicted octanol–water partition coefficient (Wildman–Crippen LogP) is 2.12. The number of anilines is 1. The number of halogens is 1. The minimum Gasteiger partial charge on any atom is -0.495 e. The van der Waals surface area contributed by atoms with Crippen molar-refractivity contribution in [3.05, 3.63) is 53.8 Å². The summed E-state index contributed by atoms with van der Waals surface area (Å²) in [5.41, 5.74) is 7.64. The van der Waals surface area contributed by atoms with Gasteiger partial charge in [0, 0.05) is 11.1 Å². The lowest BCUT2D eigenvalue weighted by atomic mass is 10.1. The summed E-state index contributed by atoms with van der Waals surface area (Å²) in [6, 6.07) is 11.8. The molecule has 1 heterocycles. The van der Waals surface area contributed by atoms with Crippen LogP contribution in [-0.2, 0) is 6.54 Å². The average molecular weight is 299 g/mol. The molecular weight excluding hydrogens is 285 g/mol. The van der Waals surface area contributed by atoms with Crippen LogP contribution in [0.25, 0.3) is 11.4 Å². The van der Waals surface area contributed by atoms with Gasteiger partial charge < -0.3 is 10.5 Å². The molecule has 3 rings (SSSR count). The summed E-state index contributed by atoms with van der Waals surface area (Å²) in [5, 5.41) is 11.6. The van der Waals surface area contributed by atoms with Crippen LogP contribution >= 0.6 is 0 Å². The predicted molar refractivity (Wildman–Crippen MR) is 79.7 cm³/mol. The van der Waals surface area contributed by atoms with Crippen LogP contribution in [0.15, 0.2) is 42.5 Å². The van der Waals surface area contributed by atoms with Crippen molar-refractivity contribution in [1.29, 1.82) is 0 Å². The number of methoxy groups -OCH3 is 1. The van der Waals surface area contributed by atoms with Gasteiger partial charge in [-0.05, 0) is 34.7 Å². The molecule has 0 bridgehead atoms. The molecule has 0 aliphatic heterocycles. The molecule has 22 heavy (non-hydrogen) atoms. The number of rotatable bonds is 4. The highest BCUT2D eigenvalue weighted by Crippen LogP contribution is 2.27. The molecule has 0 saturated carbocycles. The number of tetrazole rings is 1. The molecule has 0 amide bonds. The van der Waals surface area contributed by atoms with E-state index in [-0.39, 0.29) is 12.4 Å². The first-order valence-corrected chi connectivity index (χ1v) is 6.62. The summed E-state index contributed by atoms with van der Waals surface area (Å²) in [4.78, 5) is 0. The number of aromatic nitrogens is 4. The van der Waals surface area contributed by atoms with Crippen molar-refractivity contribution in [2.75, 3.05) is 12.8 Å². The van der Waals surface area contributed by atoms with Gasteiger partial charge >= 0.3 is 0 Å². The van der Waals surface area contributed by atoms with Gasteiger partial charge in [0.05, 0.1) is 19.3 Å². The molecule has 0 saturated heterocycles. The molecule has 6 nitrogen and oxygen atoms in total. The maximum atomic E-state index is 13.8. The molecule has 0 fully saturated rings. The van der Waals surface area contributed by atoms with Crippen LogP contribution in [0.2, 0.25) is 0 Å². The Kier molecular flexibility index (Phi) is 3.69. The van der Waals surface area contributed by atoms with E-state index in [4.69, 9.17) is 10.5 Å². The monoisotopic (exact) mass is 299 g/mol. The van der Waals surface area contributed by atoms with E-state index >= 15 is 0 Å². The summed E-state index contributed by atoms with van der Waals surface area (Å²) in [7, 11) is 1.55. The van der Waals surface area contributed by atoms with E-state index < -0.39 is 0 Å². The Morgan fingerprint density at radius 3 is 2.77 bits per heavy atom. The Morgan fingerprint density at radius 2 is 2.05 bits per heavy atom. The summed E-state index contributed by atoms with van der Waals surface area (Å²) >= 11 is 0. The number of nitrogen functional groups attached to an aromatic ring is 1. The zero-order chi connectivity index (χ0) is 15.5. The third kappa shape index (κ3) is 2.60.